The quantitative estimate of drug-likeness (QED) is 0.718. The Labute approximate surface area is 168 Å². The largest absolute Gasteiger partial charge is 0.336 e. The highest BCUT2D eigenvalue weighted by Crippen LogP contribution is 2.30. The Morgan fingerprint density at radius 3 is 2.86 bits per heavy atom. The molecule has 3 aromatic rings. The van der Waals surface area contributed by atoms with Gasteiger partial charge in [-0.2, -0.15) is 0 Å². The molecule has 0 bridgehead atoms. The maximum atomic E-state index is 13.8. The molecule has 1 saturated heterocycles. The zero-order valence-corrected chi connectivity index (χ0v) is 16.8. The lowest BCUT2D eigenvalue weighted by Crippen LogP contribution is -3.14. The van der Waals surface area contributed by atoms with Crippen molar-refractivity contribution in [1.29, 1.82) is 0 Å². The summed E-state index contributed by atoms with van der Waals surface area (Å²) in [6.45, 7) is 2.69. The van der Waals surface area contributed by atoms with Crippen molar-refractivity contribution in [2.24, 2.45) is 0 Å². The molecule has 1 unspecified atom stereocenters. The maximum Gasteiger partial charge on any atom is 0.277 e. The maximum absolute atomic E-state index is 13.8. The lowest BCUT2D eigenvalue weighted by Gasteiger charge is -2.29. The highest BCUT2D eigenvalue weighted by molar-refractivity contribution is 7.18. The molecule has 0 radical (unpaired) electrons. The van der Waals surface area contributed by atoms with E-state index in [4.69, 9.17) is 4.98 Å². The highest BCUT2D eigenvalue weighted by atomic mass is 32.1. The number of rotatable bonds is 5. The highest BCUT2D eigenvalue weighted by Gasteiger charge is 2.29. The van der Waals surface area contributed by atoms with E-state index in [0.29, 0.717) is 24.6 Å². The van der Waals surface area contributed by atoms with Gasteiger partial charge in [0.2, 0.25) is 0 Å². The van der Waals surface area contributed by atoms with E-state index in [9.17, 15) is 9.18 Å². The van der Waals surface area contributed by atoms with E-state index in [0.717, 1.165) is 31.4 Å². The molecule has 4 nitrogen and oxygen atoms in total. The topological polar surface area (TPSA) is 37.6 Å². The summed E-state index contributed by atoms with van der Waals surface area (Å²) in [6.07, 6.45) is 2.23. The number of carbonyl (C=O) groups excluding carboxylic acids is 1. The smallest absolute Gasteiger partial charge is 0.277 e. The number of thiazole rings is 1. The Morgan fingerprint density at radius 2 is 2.04 bits per heavy atom. The molecule has 28 heavy (non-hydrogen) atoms. The second kappa shape index (κ2) is 8.37. The minimum absolute atomic E-state index is 0.0585. The molecule has 1 aliphatic heterocycles. The van der Waals surface area contributed by atoms with Crippen LogP contribution in [0.3, 0.4) is 0 Å². The minimum Gasteiger partial charge on any atom is -0.336 e. The van der Waals surface area contributed by atoms with E-state index in [-0.39, 0.29) is 11.7 Å². The number of quaternary nitrogens is 1. The summed E-state index contributed by atoms with van der Waals surface area (Å²) < 4.78 is 15.1. The second-order valence-electron chi connectivity index (χ2n) is 7.58. The van der Waals surface area contributed by atoms with Gasteiger partial charge in [0.25, 0.3) is 5.91 Å². The van der Waals surface area contributed by atoms with Crippen molar-refractivity contribution in [3.63, 3.8) is 0 Å². The van der Waals surface area contributed by atoms with E-state index in [1.807, 2.05) is 12.1 Å². The Bertz CT molecular complexity index is 940. The van der Waals surface area contributed by atoms with Gasteiger partial charge in [0.05, 0.1) is 29.2 Å². The number of likely N-dealkylation sites (N-methyl/N-ethyl adjacent to an activating group) is 1. The van der Waals surface area contributed by atoms with E-state index in [2.05, 4.69) is 12.1 Å². The van der Waals surface area contributed by atoms with Gasteiger partial charge in [0.1, 0.15) is 10.8 Å². The van der Waals surface area contributed by atoms with E-state index < -0.39 is 0 Å². The number of piperidine rings is 1. The molecule has 2 aromatic carbocycles. The van der Waals surface area contributed by atoms with Crippen LogP contribution < -0.4 is 4.90 Å². The number of nitrogens with one attached hydrogen (secondary N) is 1. The van der Waals surface area contributed by atoms with Crippen LogP contribution in [0.2, 0.25) is 0 Å². The summed E-state index contributed by atoms with van der Waals surface area (Å²) in [5.74, 6) is 0.206. The number of benzene rings is 2. The fourth-order valence-corrected chi connectivity index (χ4v) is 5.01. The molecule has 2 atom stereocenters. The standard InChI is InChI=1S/C22H24FN3OS/c1-25(13-16-7-2-3-9-18(16)23)21(27)15-26-12-6-8-17(14-26)22-24-19-10-4-5-11-20(19)28-22/h2-5,7,9-11,17H,6,8,12-15H2,1H3/p+1/t17-/m0/s1. The molecule has 1 aromatic heterocycles. The fraction of sp³-hybridized carbons (Fsp3) is 0.364. The lowest BCUT2D eigenvalue weighted by atomic mass is 9.98. The first kappa shape index (κ1) is 19.0. The molecule has 2 heterocycles. The van der Waals surface area contributed by atoms with Crippen molar-refractivity contribution in [2.75, 3.05) is 26.7 Å². The van der Waals surface area contributed by atoms with Crippen LogP contribution in [0.5, 0.6) is 0 Å². The molecule has 4 rings (SSSR count). The number of hydrogen-bond donors (Lipinski definition) is 1. The molecule has 0 spiro atoms. The first-order valence-electron chi connectivity index (χ1n) is 9.76. The van der Waals surface area contributed by atoms with E-state index in [1.54, 1.807) is 41.5 Å². The van der Waals surface area contributed by atoms with Crippen LogP contribution in [-0.2, 0) is 11.3 Å². The van der Waals surface area contributed by atoms with Crippen molar-refractivity contribution in [3.05, 3.63) is 64.9 Å². The van der Waals surface area contributed by atoms with Gasteiger partial charge in [-0.1, -0.05) is 30.3 Å². The third kappa shape index (κ3) is 4.23. The number of para-hydroxylation sites is 1. The zero-order chi connectivity index (χ0) is 19.5. The van der Waals surface area contributed by atoms with Crippen molar-refractivity contribution in [3.8, 4) is 0 Å². The Hall–Kier alpha value is -2.31. The van der Waals surface area contributed by atoms with Crippen molar-refractivity contribution < 1.29 is 14.1 Å². The van der Waals surface area contributed by atoms with E-state index in [1.165, 1.54) is 20.7 Å². The van der Waals surface area contributed by atoms with E-state index >= 15 is 0 Å². The van der Waals surface area contributed by atoms with Crippen LogP contribution in [0.25, 0.3) is 10.2 Å². The first-order valence-corrected chi connectivity index (χ1v) is 10.6. The van der Waals surface area contributed by atoms with Crippen LogP contribution in [-0.4, -0.2) is 42.5 Å². The summed E-state index contributed by atoms with van der Waals surface area (Å²) in [5, 5.41) is 1.19. The van der Waals surface area contributed by atoms with Gasteiger partial charge in [0, 0.05) is 19.2 Å². The van der Waals surface area contributed by atoms with Gasteiger partial charge in [-0.05, 0) is 31.0 Å². The number of amides is 1. The van der Waals surface area contributed by atoms with Gasteiger partial charge < -0.3 is 9.80 Å². The second-order valence-corrected chi connectivity index (χ2v) is 8.64. The van der Waals surface area contributed by atoms with Crippen LogP contribution in [0.1, 0.15) is 29.3 Å². The molecule has 146 valence electrons. The van der Waals surface area contributed by atoms with Crippen molar-refractivity contribution >= 4 is 27.5 Å². The monoisotopic (exact) mass is 398 g/mol. The Morgan fingerprint density at radius 1 is 1.25 bits per heavy atom. The normalized spacial score (nSPS) is 19.6. The zero-order valence-electron chi connectivity index (χ0n) is 16.0. The Balaban J connectivity index is 1.37. The average Bonchev–Trinajstić information content (AvgIpc) is 3.14. The number of likely N-dealkylation sites (tertiary alicyclic amines) is 1. The molecule has 1 N–H and O–H groups in total. The van der Waals surface area contributed by atoms with Crippen LogP contribution in [0, 0.1) is 5.82 Å². The summed E-state index contributed by atoms with van der Waals surface area (Å²) >= 11 is 1.77. The third-order valence-electron chi connectivity index (χ3n) is 5.47. The van der Waals surface area contributed by atoms with Crippen LogP contribution in [0.15, 0.2) is 48.5 Å². The predicted molar refractivity (Wildman–Crippen MR) is 110 cm³/mol. The third-order valence-corrected chi connectivity index (χ3v) is 6.67. The number of halogens is 1. The number of hydrogen-bond acceptors (Lipinski definition) is 3. The molecule has 1 fully saturated rings. The Kier molecular flexibility index (Phi) is 5.69. The summed E-state index contributed by atoms with van der Waals surface area (Å²) in [5.41, 5.74) is 1.62. The summed E-state index contributed by atoms with van der Waals surface area (Å²) in [7, 11) is 1.75. The number of nitrogens with zero attached hydrogens (tertiary/aromatic N) is 2. The van der Waals surface area contributed by atoms with Gasteiger partial charge in [-0.15, -0.1) is 11.3 Å². The fourth-order valence-electron chi connectivity index (χ4n) is 3.91. The van der Waals surface area contributed by atoms with Gasteiger partial charge in [0.15, 0.2) is 6.54 Å². The molecule has 6 heteroatoms. The van der Waals surface area contributed by atoms with Gasteiger partial charge in [-0.3, -0.25) is 4.79 Å². The number of carbonyl (C=O) groups is 1. The molecule has 0 aliphatic carbocycles. The van der Waals surface area contributed by atoms with Gasteiger partial charge >= 0.3 is 0 Å². The average molecular weight is 399 g/mol. The lowest BCUT2D eigenvalue weighted by molar-refractivity contribution is -0.898. The van der Waals surface area contributed by atoms with Crippen LogP contribution >= 0.6 is 11.3 Å². The summed E-state index contributed by atoms with van der Waals surface area (Å²) in [6, 6.07) is 14.9. The first-order chi connectivity index (χ1) is 13.6. The van der Waals surface area contributed by atoms with Crippen molar-refractivity contribution in [1.82, 2.24) is 9.88 Å². The van der Waals surface area contributed by atoms with Crippen LogP contribution in [0.4, 0.5) is 4.39 Å². The molecular weight excluding hydrogens is 373 g/mol. The predicted octanol–water partition coefficient (Wildman–Crippen LogP) is 2.86. The molecular formula is C22H25FN3OS+. The van der Waals surface area contributed by atoms with Gasteiger partial charge in [-0.25, -0.2) is 9.37 Å². The summed E-state index contributed by atoms with van der Waals surface area (Å²) in [4.78, 5) is 20.4. The number of aromatic nitrogens is 1. The number of fused-ring (bicyclic) bond motifs is 1. The molecule has 1 aliphatic rings. The van der Waals surface area contributed by atoms with Crippen molar-refractivity contribution in [2.45, 2.75) is 25.3 Å². The molecule has 1 amide bonds. The minimum atomic E-state index is -0.261. The SMILES string of the molecule is CN(Cc1ccccc1F)C(=O)C[NH+]1CCC[C@H](c2nc3ccccc3s2)C1. The molecule has 0 saturated carbocycles.